The predicted octanol–water partition coefficient (Wildman–Crippen LogP) is 1.65. The maximum Gasteiger partial charge on any atom is 0.511 e. The topological polar surface area (TPSA) is 209 Å². The minimum atomic E-state index is -1.31. The van der Waals surface area contributed by atoms with E-state index in [1.165, 1.54) is 52.3 Å². The summed E-state index contributed by atoms with van der Waals surface area (Å²) in [7, 11) is 0. The van der Waals surface area contributed by atoms with Gasteiger partial charge in [0.2, 0.25) is 6.29 Å². The Labute approximate surface area is 243 Å². The zero-order valence-corrected chi connectivity index (χ0v) is 24.4. The summed E-state index contributed by atoms with van der Waals surface area (Å²) in [5.41, 5.74) is 5.81. The second-order valence-corrected chi connectivity index (χ2v) is 12.4. The molecule has 4 rings (SSSR count). The number of oxime groups is 1. The van der Waals surface area contributed by atoms with Gasteiger partial charge in [0, 0.05) is 23.8 Å². The van der Waals surface area contributed by atoms with Crippen LogP contribution in [0.4, 0.5) is 9.93 Å². The number of β-lactam (4-membered cyclic amide) rings is 1. The molecule has 1 unspecified atom stereocenters. The van der Waals surface area contributed by atoms with Crippen LogP contribution in [-0.4, -0.2) is 89.6 Å². The molecule has 0 radical (unpaired) electrons. The molecule has 2 aliphatic heterocycles. The van der Waals surface area contributed by atoms with Crippen molar-refractivity contribution >= 4 is 81.2 Å². The van der Waals surface area contributed by atoms with Crippen molar-refractivity contribution in [2.75, 3.05) is 17.2 Å². The normalized spacial score (nSPS) is 19.6. The van der Waals surface area contributed by atoms with Crippen molar-refractivity contribution in [3.05, 3.63) is 28.5 Å². The Bertz CT molecular complexity index is 1350. The zero-order valence-electron chi connectivity index (χ0n) is 21.1. The molecule has 0 saturated carbocycles. The molecule has 3 atom stereocenters. The van der Waals surface area contributed by atoms with Crippen molar-refractivity contribution in [3.63, 3.8) is 0 Å². The van der Waals surface area contributed by atoms with Crippen LogP contribution < -0.4 is 11.1 Å². The van der Waals surface area contributed by atoms with E-state index in [4.69, 9.17) is 19.9 Å². The number of nitrogens with two attached hydrogens (primary N) is 1. The fraction of sp³-hybridized carbons (Fsp3) is 0.429. The first-order valence-corrected chi connectivity index (χ1v) is 15.2. The number of hydrogen-bond acceptors (Lipinski definition) is 17. The summed E-state index contributed by atoms with van der Waals surface area (Å²) >= 11 is 4.95. The first-order valence-electron chi connectivity index (χ1n) is 11.5. The van der Waals surface area contributed by atoms with Crippen molar-refractivity contribution in [2.45, 2.75) is 48.8 Å². The van der Waals surface area contributed by atoms with E-state index in [0.29, 0.717) is 17.1 Å². The Hall–Kier alpha value is -3.42. The Morgan fingerprint density at radius 2 is 2.08 bits per heavy atom. The number of aromatic nitrogens is 3. The van der Waals surface area contributed by atoms with Gasteiger partial charge in [0.05, 0.1) is 12.3 Å². The molecule has 0 aliphatic carbocycles. The quantitative estimate of drug-likeness (QED) is 0.0649. The number of ether oxygens (including phenoxy) is 3. The van der Waals surface area contributed by atoms with Crippen molar-refractivity contribution < 1.29 is 38.6 Å². The zero-order chi connectivity index (χ0) is 29.0. The van der Waals surface area contributed by atoms with Gasteiger partial charge in [-0.05, 0) is 31.0 Å². The maximum atomic E-state index is 13.3. The molecule has 4 N–H and O–H groups in total. The molecule has 15 nitrogen and oxygen atoms in total. The van der Waals surface area contributed by atoms with E-state index in [1.54, 1.807) is 20.0 Å². The predicted molar refractivity (Wildman–Crippen MR) is 146 cm³/mol. The van der Waals surface area contributed by atoms with E-state index in [0.717, 1.165) is 15.5 Å². The summed E-state index contributed by atoms with van der Waals surface area (Å²) < 4.78 is 19.8. The minimum Gasteiger partial charge on any atom is -0.431 e. The average molecular weight is 630 g/mol. The number of thioether (sulfide) groups is 2. The Morgan fingerprint density at radius 1 is 1.30 bits per heavy atom. The van der Waals surface area contributed by atoms with Gasteiger partial charge in [0.15, 0.2) is 10.8 Å². The minimum absolute atomic E-state index is 0.0137. The van der Waals surface area contributed by atoms with Crippen LogP contribution in [0.5, 0.6) is 0 Å². The van der Waals surface area contributed by atoms with E-state index >= 15 is 0 Å². The van der Waals surface area contributed by atoms with Crippen LogP contribution in [0.1, 0.15) is 26.5 Å². The van der Waals surface area contributed by atoms with E-state index in [2.05, 4.69) is 25.0 Å². The summed E-state index contributed by atoms with van der Waals surface area (Å²) in [6.45, 7) is 4.61. The molecule has 0 aromatic carbocycles. The monoisotopic (exact) mass is 629 g/mol. The third-order valence-corrected chi connectivity index (χ3v) is 9.14. The molecule has 2 amide bonds. The van der Waals surface area contributed by atoms with Crippen LogP contribution in [-0.2, 0) is 28.6 Å². The van der Waals surface area contributed by atoms with Gasteiger partial charge < -0.3 is 30.5 Å². The van der Waals surface area contributed by atoms with Crippen LogP contribution in [0.3, 0.4) is 0 Å². The molecular weight excluding hydrogens is 607 g/mol. The third kappa shape index (κ3) is 6.65. The van der Waals surface area contributed by atoms with Crippen molar-refractivity contribution in [1.29, 1.82) is 0 Å². The number of nitrogens with one attached hydrogen (secondary N) is 1. The number of fused-ring (bicyclic) bond motifs is 1. The number of nitrogen functional groups attached to an aromatic ring is 1. The van der Waals surface area contributed by atoms with Crippen LogP contribution in [0.2, 0.25) is 0 Å². The summed E-state index contributed by atoms with van der Waals surface area (Å²) in [6.07, 6.45) is -1.17. The maximum absolute atomic E-state index is 13.3. The number of hydrogen-bond donors (Lipinski definition) is 3. The number of nitrogens with zero attached hydrogens (tertiary/aromatic N) is 5. The number of amides is 2. The fourth-order valence-corrected chi connectivity index (χ4v) is 7.02. The van der Waals surface area contributed by atoms with Gasteiger partial charge in [0.25, 0.3) is 11.8 Å². The second kappa shape index (κ2) is 12.8. The fourth-order valence-electron chi connectivity index (χ4n) is 3.57. The van der Waals surface area contributed by atoms with Crippen LogP contribution in [0.25, 0.3) is 0 Å². The molecule has 0 spiro atoms. The van der Waals surface area contributed by atoms with Gasteiger partial charge in [-0.1, -0.05) is 9.64 Å². The summed E-state index contributed by atoms with van der Waals surface area (Å²) in [5, 5.41) is 19.7. The first kappa shape index (κ1) is 29.6. The SMILES string of the molecule is CC(C)OC(=O)OC(C)OC(=O)C1=C(CSc2cnns2)CS[C@H]2[C@H](NC(=O)/C(=N\O)c3csc(N)n3)C(=O)N12. The molecule has 1 saturated heterocycles. The highest BCUT2D eigenvalue weighted by molar-refractivity contribution is 8.01. The molecule has 4 heterocycles. The summed E-state index contributed by atoms with van der Waals surface area (Å²) in [4.78, 5) is 56.3. The van der Waals surface area contributed by atoms with Gasteiger partial charge in [-0.2, -0.15) is 0 Å². The molecular formula is C21H23N7O8S4. The highest BCUT2D eigenvalue weighted by atomic mass is 32.2. The van der Waals surface area contributed by atoms with E-state index in [9.17, 15) is 24.4 Å². The number of carbonyl (C=O) groups is 4. The molecule has 1 fully saturated rings. The van der Waals surface area contributed by atoms with E-state index in [-0.39, 0.29) is 16.5 Å². The lowest BCUT2D eigenvalue weighted by Crippen LogP contribution is -2.71. The number of esters is 1. The van der Waals surface area contributed by atoms with Gasteiger partial charge in [0.1, 0.15) is 27.0 Å². The molecule has 40 heavy (non-hydrogen) atoms. The number of thiazole rings is 1. The highest BCUT2D eigenvalue weighted by Gasteiger charge is 2.55. The molecule has 214 valence electrons. The first-order chi connectivity index (χ1) is 19.1. The van der Waals surface area contributed by atoms with Crippen molar-refractivity contribution in [2.24, 2.45) is 5.16 Å². The average Bonchev–Trinajstić information content (AvgIpc) is 3.57. The van der Waals surface area contributed by atoms with Gasteiger partial charge in [-0.3, -0.25) is 14.5 Å². The summed E-state index contributed by atoms with van der Waals surface area (Å²) in [6, 6.07) is -1.03. The molecule has 2 aliphatic rings. The number of carbonyl (C=O) groups excluding carboxylic acids is 4. The lowest BCUT2D eigenvalue weighted by Gasteiger charge is -2.49. The third-order valence-electron chi connectivity index (χ3n) is 5.20. The Balaban J connectivity index is 1.50. The van der Waals surface area contributed by atoms with E-state index in [1.807, 2.05) is 0 Å². The van der Waals surface area contributed by atoms with Crippen LogP contribution in [0.15, 0.2) is 32.2 Å². The van der Waals surface area contributed by atoms with Crippen molar-refractivity contribution in [3.8, 4) is 0 Å². The largest absolute Gasteiger partial charge is 0.511 e. The molecule has 19 heteroatoms. The molecule has 2 aromatic heterocycles. The lowest BCUT2D eigenvalue weighted by atomic mass is 10.0. The standard InChI is InChI=1S/C21H23N7O8S4/c1-8(2)34-21(32)36-9(3)35-19(31)15-10(5-37-12-4-23-27-40-12)6-38-18-14(17(30)28(15)18)25-16(29)13(26-33)11-7-39-20(22)24-11/h4,7-9,14,18,33H,5-6H2,1-3H3,(H2,22,24)(H,25,29)/b26-13-/t9?,14-,18+/m1/s1. The summed E-state index contributed by atoms with van der Waals surface area (Å²) in [5.74, 6) is -1.65. The van der Waals surface area contributed by atoms with Gasteiger partial charge in [-0.15, -0.1) is 40.0 Å². The van der Waals surface area contributed by atoms with Crippen LogP contribution >= 0.6 is 46.4 Å². The molecule has 2 aromatic rings. The highest BCUT2D eigenvalue weighted by Crippen LogP contribution is 2.42. The Kier molecular flexibility index (Phi) is 9.48. The Morgan fingerprint density at radius 3 is 2.70 bits per heavy atom. The van der Waals surface area contributed by atoms with Gasteiger partial charge >= 0.3 is 12.1 Å². The molecule has 0 bridgehead atoms. The van der Waals surface area contributed by atoms with Gasteiger partial charge in [-0.25, -0.2) is 14.6 Å². The second-order valence-electron chi connectivity index (χ2n) is 8.37. The number of rotatable bonds is 10. The number of anilines is 1. The van der Waals surface area contributed by atoms with Crippen molar-refractivity contribution in [1.82, 2.24) is 24.8 Å². The smallest absolute Gasteiger partial charge is 0.431 e. The lowest BCUT2D eigenvalue weighted by molar-refractivity contribution is -0.169. The van der Waals surface area contributed by atoms with Crippen LogP contribution in [0, 0.1) is 0 Å². The van der Waals surface area contributed by atoms with E-state index < -0.39 is 53.5 Å².